The highest BCUT2D eigenvalue weighted by atomic mass is 16.2. The lowest BCUT2D eigenvalue weighted by Gasteiger charge is -2.05. The highest BCUT2D eigenvalue weighted by Crippen LogP contribution is 2.23. The minimum Gasteiger partial charge on any atom is -0.308 e. The first kappa shape index (κ1) is 17.1. The summed E-state index contributed by atoms with van der Waals surface area (Å²) in [5, 5.41) is 11.1. The molecule has 0 saturated heterocycles. The van der Waals surface area contributed by atoms with Crippen molar-refractivity contribution in [2.24, 2.45) is 0 Å². The van der Waals surface area contributed by atoms with Crippen LogP contribution in [0.3, 0.4) is 0 Å². The Morgan fingerprint density at radius 3 is 2.67 bits per heavy atom. The number of amides is 1. The van der Waals surface area contributed by atoms with Crippen molar-refractivity contribution in [1.29, 1.82) is 0 Å². The van der Waals surface area contributed by atoms with E-state index in [2.05, 4.69) is 15.5 Å². The average molecular weight is 360 g/mol. The standard InChI is InChI=1S/C21H20N4O2/c26-19(17-10-9-15-5-4-6-16(15)13-17)11-12-21(27)23-20-14-22-25(24-20)18-7-2-1-3-8-18/h1-3,7-10,13-14H,4-6,11-12H2,(H,23,24,27). The number of aryl methyl sites for hydroxylation is 2. The summed E-state index contributed by atoms with van der Waals surface area (Å²) in [6, 6.07) is 15.3. The SMILES string of the molecule is O=C(CCC(=O)c1ccc2c(c1)CCC2)Nc1cnn(-c2ccccc2)n1. The Labute approximate surface area is 157 Å². The molecule has 1 N–H and O–H groups in total. The smallest absolute Gasteiger partial charge is 0.226 e. The number of para-hydroxylation sites is 1. The highest BCUT2D eigenvalue weighted by molar-refractivity contribution is 6.00. The zero-order valence-corrected chi connectivity index (χ0v) is 14.9. The average Bonchev–Trinajstić information content (AvgIpc) is 3.35. The Kier molecular flexibility index (Phi) is 4.78. The number of fused-ring (bicyclic) bond motifs is 1. The Hall–Kier alpha value is -3.28. The van der Waals surface area contributed by atoms with E-state index in [1.165, 1.54) is 22.1 Å². The molecule has 6 nitrogen and oxygen atoms in total. The van der Waals surface area contributed by atoms with Gasteiger partial charge in [-0.05, 0) is 48.6 Å². The number of rotatable bonds is 6. The fraction of sp³-hybridized carbons (Fsp3) is 0.238. The molecule has 6 heteroatoms. The summed E-state index contributed by atoms with van der Waals surface area (Å²) in [6.45, 7) is 0. The van der Waals surface area contributed by atoms with E-state index in [1.54, 1.807) is 0 Å². The fourth-order valence-electron chi connectivity index (χ4n) is 3.33. The first-order valence-electron chi connectivity index (χ1n) is 9.12. The zero-order valence-electron chi connectivity index (χ0n) is 14.9. The van der Waals surface area contributed by atoms with Crippen molar-refractivity contribution in [2.75, 3.05) is 5.32 Å². The van der Waals surface area contributed by atoms with Crippen LogP contribution in [0.5, 0.6) is 0 Å². The van der Waals surface area contributed by atoms with E-state index < -0.39 is 0 Å². The molecule has 0 bridgehead atoms. The molecule has 1 aliphatic carbocycles. The highest BCUT2D eigenvalue weighted by Gasteiger charge is 2.15. The number of nitrogens with one attached hydrogen (secondary N) is 1. The van der Waals surface area contributed by atoms with Crippen molar-refractivity contribution in [2.45, 2.75) is 32.1 Å². The quantitative estimate of drug-likeness (QED) is 0.684. The molecule has 0 unspecified atom stereocenters. The third kappa shape index (κ3) is 3.95. The normalized spacial score (nSPS) is 12.6. The van der Waals surface area contributed by atoms with Gasteiger partial charge in [0.15, 0.2) is 11.6 Å². The largest absolute Gasteiger partial charge is 0.308 e. The molecule has 0 radical (unpaired) electrons. The Balaban J connectivity index is 1.32. The van der Waals surface area contributed by atoms with E-state index in [0.29, 0.717) is 11.4 Å². The van der Waals surface area contributed by atoms with E-state index in [-0.39, 0.29) is 24.5 Å². The third-order valence-electron chi connectivity index (χ3n) is 4.75. The summed E-state index contributed by atoms with van der Waals surface area (Å²) in [4.78, 5) is 26.0. The first-order valence-corrected chi connectivity index (χ1v) is 9.12. The van der Waals surface area contributed by atoms with Crippen molar-refractivity contribution in [3.8, 4) is 5.69 Å². The number of Topliss-reactive ketones (excluding diaryl/α,β-unsaturated/α-hetero) is 1. The molecule has 0 fully saturated rings. The van der Waals surface area contributed by atoms with E-state index in [9.17, 15) is 9.59 Å². The molecule has 0 spiro atoms. The Morgan fingerprint density at radius 2 is 1.81 bits per heavy atom. The van der Waals surface area contributed by atoms with Crippen LogP contribution < -0.4 is 5.32 Å². The van der Waals surface area contributed by atoms with Gasteiger partial charge in [0.2, 0.25) is 5.91 Å². The molecule has 136 valence electrons. The van der Waals surface area contributed by atoms with Gasteiger partial charge in [0.25, 0.3) is 0 Å². The van der Waals surface area contributed by atoms with Crippen LogP contribution in [-0.2, 0) is 17.6 Å². The van der Waals surface area contributed by atoms with Gasteiger partial charge < -0.3 is 5.32 Å². The molecule has 4 rings (SSSR count). The van der Waals surface area contributed by atoms with E-state index in [0.717, 1.165) is 24.9 Å². The number of benzene rings is 2. The summed E-state index contributed by atoms with van der Waals surface area (Å²) < 4.78 is 0. The van der Waals surface area contributed by atoms with Gasteiger partial charge >= 0.3 is 0 Å². The number of anilines is 1. The number of nitrogens with zero attached hydrogens (tertiary/aromatic N) is 3. The number of hydrogen-bond donors (Lipinski definition) is 1. The number of carbonyl (C=O) groups is 2. The lowest BCUT2D eigenvalue weighted by atomic mass is 10.0. The minimum absolute atomic E-state index is 0.00668. The van der Waals surface area contributed by atoms with Gasteiger partial charge in [0, 0.05) is 18.4 Å². The van der Waals surface area contributed by atoms with Gasteiger partial charge in [-0.3, -0.25) is 9.59 Å². The van der Waals surface area contributed by atoms with Crippen molar-refractivity contribution in [3.05, 3.63) is 71.4 Å². The second-order valence-electron chi connectivity index (χ2n) is 6.66. The number of hydrogen-bond acceptors (Lipinski definition) is 4. The van der Waals surface area contributed by atoms with Gasteiger partial charge in [0.1, 0.15) is 0 Å². The van der Waals surface area contributed by atoms with Crippen LogP contribution in [0.2, 0.25) is 0 Å². The maximum absolute atomic E-state index is 12.4. The van der Waals surface area contributed by atoms with E-state index in [1.807, 2.05) is 48.5 Å². The van der Waals surface area contributed by atoms with Gasteiger partial charge in [-0.2, -0.15) is 5.10 Å². The van der Waals surface area contributed by atoms with Crippen LogP contribution >= 0.6 is 0 Å². The Morgan fingerprint density at radius 1 is 1.00 bits per heavy atom. The molecule has 27 heavy (non-hydrogen) atoms. The second-order valence-corrected chi connectivity index (χ2v) is 6.66. The zero-order chi connectivity index (χ0) is 18.6. The van der Waals surface area contributed by atoms with Gasteiger partial charge in [-0.15, -0.1) is 9.90 Å². The molecule has 1 aliphatic rings. The van der Waals surface area contributed by atoms with Gasteiger partial charge in [-0.1, -0.05) is 30.3 Å². The summed E-state index contributed by atoms with van der Waals surface area (Å²) in [5.74, 6) is 0.117. The van der Waals surface area contributed by atoms with Crippen molar-refractivity contribution in [3.63, 3.8) is 0 Å². The second kappa shape index (κ2) is 7.53. The van der Waals surface area contributed by atoms with E-state index in [4.69, 9.17) is 0 Å². The lowest BCUT2D eigenvalue weighted by molar-refractivity contribution is -0.116. The molecule has 1 heterocycles. The molecular weight excluding hydrogens is 340 g/mol. The van der Waals surface area contributed by atoms with Gasteiger partial charge in [-0.25, -0.2) is 0 Å². The molecule has 1 aromatic heterocycles. The maximum atomic E-state index is 12.4. The molecular formula is C21H20N4O2. The lowest BCUT2D eigenvalue weighted by Crippen LogP contribution is -2.14. The maximum Gasteiger partial charge on any atom is 0.226 e. The molecule has 3 aromatic rings. The van der Waals surface area contributed by atoms with Crippen molar-refractivity contribution >= 4 is 17.5 Å². The third-order valence-corrected chi connectivity index (χ3v) is 4.75. The topological polar surface area (TPSA) is 76.9 Å². The molecule has 0 saturated carbocycles. The van der Waals surface area contributed by atoms with E-state index >= 15 is 0 Å². The van der Waals surface area contributed by atoms with Crippen LogP contribution in [0, 0.1) is 0 Å². The van der Waals surface area contributed by atoms with Crippen LogP contribution in [0.4, 0.5) is 5.82 Å². The molecule has 0 atom stereocenters. The number of aromatic nitrogens is 3. The molecule has 1 amide bonds. The summed E-state index contributed by atoms with van der Waals surface area (Å²) in [5.41, 5.74) is 4.11. The molecule has 2 aromatic carbocycles. The van der Waals surface area contributed by atoms with Crippen LogP contribution in [0.25, 0.3) is 5.69 Å². The van der Waals surface area contributed by atoms with Crippen LogP contribution in [0.1, 0.15) is 40.7 Å². The summed E-state index contributed by atoms with van der Waals surface area (Å²) in [7, 11) is 0. The predicted molar refractivity (Wildman–Crippen MR) is 102 cm³/mol. The number of carbonyl (C=O) groups excluding carboxylic acids is 2. The summed E-state index contributed by atoms with van der Waals surface area (Å²) >= 11 is 0. The predicted octanol–water partition coefficient (Wildman–Crippen LogP) is 3.36. The van der Waals surface area contributed by atoms with Crippen molar-refractivity contribution < 1.29 is 9.59 Å². The number of ketones is 1. The minimum atomic E-state index is -0.246. The fourth-order valence-corrected chi connectivity index (χ4v) is 3.33. The van der Waals surface area contributed by atoms with Crippen LogP contribution in [0.15, 0.2) is 54.7 Å². The monoisotopic (exact) mass is 360 g/mol. The molecule has 0 aliphatic heterocycles. The summed E-state index contributed by atoms with van der Waals surface area (Å²) in [6.07, 6.45) is 5.07. The first-order chi connectivity index (χ1) is 13.2. The van der Waals surface area contributed by atoms with Crippen LogP contribution in [-0.4, -0.2) is 26.7 Å². The Bertz CT molecular complexity index is 979. The van der Waals surface area contributed by atoms with Crippen molar-refractivity contribution in [1.82, 2.24) is 15.0 Å². The van der Waals surface area contributed by atoms with Gasteiger partial charge in [0.05, 0.1) is 11.9 Å².